The van der Waals surface area contributed by atoms with Gasteiger partial charge in [0.2, 0.25) is 0 Å². The number of benzene rings is 4. The van der Waals surface area contributed by atoms with Gasteiger partial charge < -0.3 is 9.47 Å². The molecule has 0 atom stereocenters. The van der Waals surface area contributed by atoms with Crippen molar-refractivity contribution in [1.82, 2.24) is 9.80 Å². The first-order valence-electron chi connectivity index (χ1n) is 13.8. The van der Waals surface area contributed by atoms with Gasteiger partial charge in [-0.1, -0.05) is 84.9 Å². The lowest BCUT2D eigenvalue weighted by Crippen LogP contribution is -2.48. The van der Waals surface area contributed by atoms with Gasteiger partial charge in [0, 0.05) is 51.4 Å². The highest BCUT2D eigenvalue weighted by Crippen LogP contribution is 2.20. The van der Waals surface area contributed by atoms with Crippen LogP contribution in [0.3, 0.4) is 0 Å². The zero-order valence-electron chi connectivity index (χ0n) is 22.6. The minimum Gasteiger partial charge on any atom is -0.461 e. The van der Waals surface area contributed by atoms with Crippen LogP contribution in [-0.2, 0) is 19.1 Å². The number of esters is 2. The van der Waals surface area contributed by atoms with Gasteiger partial charge in [-0.15, -0.1) is 0 Å². The van der Waals surface area contributed by atoms with E-state index >= 15 is 0 Å². The second kappa shape index (κ2) is 13.7. The van der Waals surface area contributed by atoms with Gasteiger partial charge >= 0.3 is 11.9 Å². The highest BCUT2D eigenvalue weighted by molar-refractivity contribution is 5.95. The number of carbonyl (C=O) groups is 2. The van der Waals surface area contributed by atoms with Crippen molar-refractivity contribution in [3.63, 3.8) is 0 Å². The molecule has 0 unspecified atom stereocenters. The first-order valence-corrected chi connectivity index (χ1v) is 13.8. The van der Waals surface area contributed by atoms with Gasteiger partial charge in [-0.2, -0.15) is 0 Å². The maximum absolute atomic E-state index is 12.2. The van der Waals surface area contributed by atoms with E-state index in [2.05, 4.69) is 46.2 Å². The van der Waals surface area contributed by atoms with Crippen molar-refractivity contribution in [2.45, 2.75) is 0 Å². The van der Waals surface area contributed by atoms with Gasteiger partial charge in [-0.05, 0) is 44.8 Å². The van der Waals surface area contributed by atoms with Gasteiger partial charge in [-0.3, -0.25) is 9.80 Å². The Morgan fingerprint density at radius 2 is 0.975 bits per heavy atom. The number of hydrogen-bond acceptors (Lipinski definition) is 6. The van der Waals surface area contributed by atoms with E-state index < -0.39 is 0 Å². The Kier molecular flexibility index (Phi) is 9.35. The van der Waals surface area contributed by atoms with E-state index in [1.165, 1.54) is 12.2 Å². The third-order valence-electron chi connectivity index (χ3n) is 7.21. The van der Waals surface area contributed by atoms with E-state index in [1.54, 1.807) is 0 Å². The van der Waals surface area contributed by atoms with E-state index in [-0.39, 0.29) is 11.9 Å². The van der Waals surface area contributed by atoms with Crippen molar-refractivity contribution >= 4 is 45.6 Å². The molecule has 0 radical (unpaired) electrons. The monoisotopic (exact) mass is 534 g/mol. The molecule has 0 aliphatic carbocycles. The number of rotatable bonds is 10. The number of hydrogen-bond donors (Lipinski definition) is 0. The Labute approximate surface area is 235 Å². The number of ether oxygens (including phenoxy) is 2. The van der Waals surface area contributed by atoms with Crippen molar-refractivity contribution in [3.8, 4) is 0 Å². The number of carbonyl (C=O) groups excluding carboxylic acids is 2. The van der Waals surface area contributed by atoms with Crippen LogP contribution in [0.25, 0.3) is 33.7 Å². The molecule has 1 saturated heterocycles. The smallest absolute Gasteiger partial charge is 0.330 e. The summed E-state index contributed by atoms with van der Waals surface area (Å²) in [5.41, 5.74) is 2.00. The quantitative estimate of drug-likeness (QED) is 0.200. The van der Waals surface area contributed by atoms with Gasteiger partial charge in [-0.25, -0.2) is 9.59 Å². The van der Waals surface area contributed by atoms with E-state index in [0.717, 1.165) is 58.9 Å². The largest absolute Gasteiger partial charge is 0.461 e. The fraction of sp³-hybridized carbons (Fsp3) is 0.235. The maximum atomic E-state index is 12.2. The summed E-state index contributed by atoms with van der Waals surface area (Å²) < 4.78 is 10.9. The minimum absolute atomic E-state index is 0.331. The predicted octanol–water partition coefficient (Wildman–Crippen LogP) is 5.42. The summed E-state index contributed by atoms with van der Waals surface area (Å²) in [6.45, 7) is 5.68. The maximum Gasteiger partial charge on any atom is 0.330 e. The molecule has 4 aromatic rings. The molecule has 0 bridgehead atoms. The Hall–Kier alpha value is -4.26. The standard InChI is InChI=1S/C34H34N2O4/c37-33(17-15-29-11-5-9-27-7-1-3-13-31(27)29)39-25-23-35-19-21-36(22-20-35)24-26-40-34(38)18-16-30-12-6-10-28-8-2-4-14-32(28)30/h1-18H,19-26H2/b17-15-,18-16+. The molecule has 204 valence electrons. The number of nitrogens with zero attached hydrogens (tertiary/aromatic N) is 2. The normalized spacial score (nSPS) is 14.8. The fourth-order valence-electron chi connectivity index (χ4n) is 4.99. The molecular weight excluding hydrogens is 500 g/mol. The van der Waals surface area contributed by atoms with Crippen molar-refractivity contribution in [2.24, 2.45) is 0 Å². The first-order chi connectivity index (χ1) is 19.7. The molecule has 5 rings (SSSR count). The summed E-state index contributed by atoms with van der Waals surface area (Å²) in [4.78, 5) is 29.0. The molecule has 0 saturated carbocycles. The summed E-state index contributed by atoms with van der Waals surface area (Å²) >= 11 is 0. The molecule has 0 amide bonds. The fourth-order valence-corrected chi connectivity index (χ4v) is 4.99. The molecule has 0 aromatic heterocycles. The van der Waals surface area contributed by atoms with Gasteiger partial charge in [0.15, 0.2) is 0 Å². The summed E-state index contributed by atoms with van der Waals surface area (Å²) in [6.07, 6.45) is 6.63. The van der Waals surface area contributed by atoms with Crippen LogP contribution in [0.15, 0.2) is 97.1 Å². The van der Waals surface area contributed by atoms with Crippen LogP contribution in [0.5, 0.6) is 0 Å². The Morgan fingerprint density at radius 3 is 1.43 bits per heavy atom. The topological polar surface area (TPSA) is 59.1 Å². The molecule has 6 heteroatoms. The first kappa shape index (κ1) is 27.3. The highest BCUT2D eigenvalue weighted by Gasteiger charge is 2.17. The van der Waals surface area contributed by atoms with Gasteiger partial charge in [0.25, 0.3) is 0 Å². The molecule has 1 aliphatic rings. The Bertz CT molecular complexity index is 1390. The Balaban J connectivity index is 0.969. The SMILES string of the molecule is O=C(/C=C\c1cccc2ccccc12)OCCN1CCN(CCOC(=O)/C=C/c2cccc3ccccc23)CC1. The average Bonchev–Trinajstić information content (AvgIpc) is 2.99. The lowest BCUT2D eigenvalue weighted by Gasteiger charge is -2.34. The van der Waals surface area contributed by atoms with Crippen LogP contribution < -0.4 is 0 Å². The molecule has 1 aliphatic heterocycles. The predicted molar refractivity (Wildman–Crippen MR) is 161 cm³/mol. The van der Waals surface area contributed by atoms with Crippen molar-refractivity contribution in [3.05, 3.63) is 108 Å². The molecular formula is C34H34N2O4. The minimum atomic E-state index is -0.331. The van der Waals surface area contributed by atoms with Crippen LogP contribution in [0.4, 0.5) is 0 Å². The molecule has 4 aromatic carbocycles. The van der Waals surface area contributed by atoms with Crippen molar-refractivity contribution < 1.29 is 19.1 Å². The summed E-state index contributed by atoms with van der Waals surface area (Å²) in [5, 5.41) is 4.51. The molecule has 1 heterocycles. The second-order valence-corrected chi connectivity index (χ2v) is 9.82. The van der Waals surface area contributed by atoms with Gasteiger partial charge in [0.05, 0.1) is 0 Å². The third-order valence-corrected chi connectivity index (χ3v) is 7.21. The van der Waals surface area contributed by atoms with Crippen LogP contribution in [0.2, 0.25) is 0 Å². The van der Waals surface area contributed by atoms with E-state index in [4.69, 9.17) is 9.47 Å². The third kappa shape index (κ3) is 7.44. The van der Waals surface area contributed by atoms with Crippen molar-refractivity contribution in [2.75, 3.05) is 52.5 Å². The molecule has 0 N–H and O–H groups in total. The lowest BCUT2D eigenvalue weighted by molar-refractivity contribution is -0.139. The summed E-state index contributed by atoms with van der Waals surface area (Å²) in [7, 11) is 0. The number of fused-ring (bicyclic) bond motifs is 2. The molecule has 0 spiro atoms. The van der Waals surface area contributed by atoms with E-state index in [1.807, 2.05) is 60.7 Å². The van der Waals surface area contributed by atoms with E-state index in [9.17, 15) is 9.59 Å². The zero-order valence-corrected chi connectivity index (χ0v) is 22.6. The lowest BCUT2D eigenvalue weighted by atomic mass is 10.0. The van der Waals surface area contributed by atoms with Gasteiger partial charge in [0.1, 0.15) is 13.2 Å². The van der Waals surface area contributed by atoms with Crippen LogP contribution in [0, 0.1) is 0 Å². The highest BCUT2D eigenvalue weighted by atomic mass is 16.5. The Morgan fingerprint density at radius 1 is 0.575 bits per heavy atom. The van der Waals surface area contributed by atoms with Crippen LogP contribution in [-0.4, -0.2) is 74.2 Å². The average molecular weight is 535 g/mol. The molecule has 40 heavy (non-hydrogen) atoms. The summed E-state index contributed by atoms with van der Waals surface area (Å²) in [6, 6.07) is 28.3. The van der Waals surface area contributed by atoms with Crippen LogP contribution >= 0.6 is 0 Å². The molecule has 1 fully saturated rings. The van der Waals surface area contributed by atoms with Crippen molar-refractivity contribution in [1.29, 1.82) is 0 Å². The zero-order chi connectivity index (χ0) is 27.6. The summed E-state index contributed by atoms with van der Waals surface area (Å²) in [5.74, 6) is -0.661. The van der Waals surface area contributed by atoms with Crippen LogP contribution in [0.1, 0.15) is 11.1 Å². The second-order valence-electron chi connectivity index (χ2n) is 9.82. The number of piperazine rings is 1. The molecule has 6 nitrogen and oxygen atoms in total. The van der Waals surface area contributed by atoms with E-state index in [0.29, 0.717) is 26.3 Å².